The molecule has 140 valence electrons. The molecule has 0 aliphatic rings. The fourth-order valence-corrected chi connectivity index (χ4v) is 4.26. The highest BCUT2D eigenvalue weighted by molar-refractivity contribution is 7.89. The van der Waals surface area contributed by atoms with Crippen LogP contribution in [0.2, 0.25) is 0 Å². The number of nitrogens with one attached hydrogen (secondary N) is 1. The average molecular weight is 372 g/mol. The quantitative estimate of drug-likeness (QED) is 0.701. The Morgan fingerprint density at radius 3 is 2.36 bits per heavy atom. The number of ether oxygens (including phenoxy) is 1. The summed E-state index contributed by atoms with van der Waals surface area (Å²) in [6.45, 7) is 5.83. The van der Waals surface area contributed by atoms with Gasteiger partial charge in [0, 0.05) is 20.0 Å². The Labute approximate surface area is 147 Å². The van der Waals surface area contributed by atoms with Crippen molar-refractivity contribution < 1.29 is 27.9 Å². The van der Waals surface area contributed by atoms with E-state index in [1.54, 1.807) is 13.8 Å². The summed E-state index contributed by atoms with van der Waals surface area (Å²) < 4.78 is 32.1. The van der Waals surface area contributed by atoms with Crippen LogP contribution >= 0.6 is 0 Å². The maximum absolute atomic E-state index is 13.0. The van der Waals surface area contributed by atoms with Gasteiger partial charge in [-0.1, -0.05) is 0 Å². The minimum Gasteiger partial charge on any atom is -0.496 e. The summed E-state index contributed by atoms with van der Waals surface area (Å²) in [4.78, 5) is 22.4. The van der Waals surface area contributed by atoms with Gasteiger partial charge in [-0.2, -0.15) is 4.31 Å². The molecule has 0 aromatic heterocycles. The zero-order valence-corrected chi connectivity index (χ0v) is 15.8. The standard InChI is InChI=1S/C16H24N2O6S/c1-10-11(2)15(7-6-14(10)24-5)25(22,23)18(12(3)16(20)21)9-8-17-13(4)19/h6-7,12H,8-9H2,1-5H3,(H,17,19)(H,20,21). The SMILES string of the molecule is COc1ccc(S(=O)(=O)N(CCNC(C)=O)C(C)C(=O)O)c(C)c1C. The predicted octanol–water partition coefficient (Wildman–Crippen LogP) is 0.912. The van der Waals surface area contributed by atoms with E-state index in [9.17, 15) is 23.1 Å². The van der Waals surface area contributed by atoms with E-state index < -0.39 is 22.0 Å². The molecule has 0 aliphatic carbocycles. The molecule has 0 saturated heterocycles. The predicted molar refractivity (Wildman–Crippen MR) is 92.1 cm³/mol. The van der Waals surface area contributed by atoms with Crippen molar-refractivity contribution >= 4 is 21.9 Å². The zero-order valence-electron chi connectivity index (χ0n) is 15.0. The molecule has 1 rings (SSSR count). The molecule has 0 heterocycles. The first-order valence-electron chi connectivity index (χ1n) is 7.67. The van der Waals surface area contributed by atoms with Gasteiger partial charge in [0.2, 0.25) is 15.9 Å². The Hall–Kier alpha value is -2.13. The third kappa shape index (κ3) is 4.70. The Balaban J connectivity index is 3.33. The highest BCUT2D eigenvalue weighted by Crippen LogP contribution is 2.29. The Bertz CT molecular complexity index is 760. The fraction of sp³-hybridized carbons (Fsp3) is 0.500. The molecule has 1 aromatic carbocycles. The molecule has 0 bridgehead atoms. The van der Waals surface area contributed by atoms with Gasteiger partial charge in [-0.3, -0.25) is 9.59 Å². The van der Waals surface area contributed by atoms with Crippen LogP contribution < -0.4 is 10.1 Å². The number of benzene rings is 1. The number of aliphatic carboxylic acids is 1. The summed E-state index contributed by atoms with van der Waals surface area (Å²) >= 11 is 0. The van der Waals surface area contributed by atoms with Gasteiger partial charge in [0.25, 0.3) is 0 Å². The molecule has 1 amide bonds. The van der Waals surface area contributed by atoms with Gasteiger partial charge in [0.05, 0.1) is 12.0 Å². The van der Waals surface area contributed by atoms with E-state index in [2.05, 4.69) is 5.32 Å². The Morgan fingerprint density at radius 1 is 1.28 bits per heavy atom. The highest BCUT2D eigenvalue weighted by Gasteiger charge is 2.34. The number of rotatable bonds is 8. The first-order chi connectivity index (χ1) is 11.5. The number of carbonyl (C=O) groups excluding carboxylic acids is 1. The second kappa shape index (κ2) is 8.30. The topological polar surface area (TPSA) is 113 Å². The van der Waals surface area contributed by atoms with E-state index in [-0.39, 0.29) is 23.9 Å². The summed E-state index contributed by atoms with van der Waals surface area (Å²) in [5.74, 6) is -1.04. The summed E-state index contributed by atoms with van der Waals surface area (Å²) in [5, 5.41) is 11.7. The summed E-state index contributed by atoms with van der Waals surface area (Å²) in [5.41, 5.74) is 1.15. The van der Waals surface area contributed by atoms with Crippen LogP contribution in [0.15, 0.2) is 17.0 Å². The highest BCUT2D eigenvalue weighted by atomic mass is 32.2. The maximum atomic E-state index is 13.0. The van der Waals surface area contributed by atoms with Crippen LogP contribution in [0.5, 0.6) is 5.75 Å². The molecule has 0 fully saturated rings. The molecule has 0 saturated carbocycles. The minimum atomic E-state index is -4.08. The Kier molecular flexibility index (Phi) is 6.95. The second-order valence-electron chi connectivity index (χ2n) is 5.63. The number of hydrogen-bond acceptors (Lipinski definition) is 5. The van der Waals surface area contributed by atoms with Crippen molar-refractivity contribution in [1.82, 2.24) is 9.62 Å². The van der Waals surface area contributed by atoms with Crippen molar-refractivity contribution in [2.24, 2.45) is 0 Å². The normalized spacial score (nSPS) is 12.7. The van der Waals surface area contributed by atoms with E-state index in [1.807, 2.05) is 0 Å². The molecule has 0 spiro atoms. The zero-order chi connectivity index (χ0) is 19.4. The third-order valence-electron chi connectivity index (χ3n) is 3.99. The number of methoxy groups -OCH3 is 1. The molecule has 1 unspecified atom stereocenters. The molecule has 8 nitrogen and oxygen atoms in total. The van der Waals surface area contributed by atoms with E-state index >= 15 is 0 Å². The average Bonchev–Trinajstić information content (AvgIpc) is 2.52. The smallest absolute Gasteiger partial charge is 0.321 e. The van der Waals surface area contributed by atoms with E-state index in [4.69, 9.17) is 4.74 Å². The van der Waals surface area contributed by atoms with E-state index in [0.717, 1.165) is 4.31 Å². The van der Waals surface area contributed by atoms with Gasteiger partial charge in [0.15, 0.2) is 0 Å². The van der Waals surface area contributed by atoms with Gasteiger partial charge < -0.3 is 15.2 Å². The number of nitrogens with zero attached hydrogens (tertiary/aromatic N) is 1. The van der Waals surface area contributed by atoms with Gasteiger partial charge >= 0.3 is 5.97 Å². The Morgan fingerprint density at radius 2 is 1.88 bits per heavy atom. The van der Waals surface area contributed by atoms with Gasteiger partial charge in [0.1, 0.15) is 11.8 Å². The van der Waals surface area contributed by atoms with Crippen LogP contribution in [0, 0.1) is 13.8 Å². The van der Waals surface area contributed by atoms with Crippen LogP contribution in [0.3, 0.4) is 0 Å². The summed E-state index contributed by atoms with van der Waals surface area (Å²) in [6, 6.07) is 1.66. The number of sulfonamides is 1. The number of carbonyl (C=O) groups is 2. The van der Waals surface area contributed by atoms with Crippen LogP contribution in [0.1, 0.15) is 25.0 Å². The number of amides is 1. The van der Waals surface area contributed by atoms with Crippen molar-refractivity contribution in [2.45, 2.75) is 38.6 Å². The van der Waals surface area contributed by atoms with Crippen LogP contribution in [0.4, 0.5) is 0 Å². The number of carboxylic acid groups (broad SMARTS) is 1. The molecule has 2 N–H and O–H groups in total. The largest absolute Gasteiger partial charge is 0.496 e. The molecule has 1 atom stereocenters. The van der Waals surface area contributed by atoms with Crippen LogP contribution in [-0.2, 0) is 19.6 Å². The summed E-state index contributed by atoms with van der Waals surface area (Å²) in [6.07, 6.45) is 0. The maximum Gasteiger partial charge on any atom is 0.321 e. The third-order valence-corrected chi connectivity index (χ3v) is 6.10. The monoisotopic (exact) mass is 372 g/mol. The lowest BCUT2D eigenvalue weighted by atomic mass is 10.1. The fourth-order valence-electron chi connectivity index (χ4n) is 2.39. The lowest BCUT2D eigenvalue weighted by Gasteiger charge is -2.27. The lowest BCUT2D eigenvalue weighted by Crippen LogP contribution is -2.46. The first-order valence-corrected chi connectivity index (χ1v) is 9.11. The molecular weight excluding hydrogens is 348 g/mol. The second-order valence-corrected chi connectivity index (χ2v) is 7.49. The molecular formula is C16H24N2O6S. The molecule has 9 heteroatoms. The van der Waals surface area contributed by atoms with Crippen molar-refractivity contribution in [1.29, 1.82) is 0 Å². The van der Waals surface area contributed by atoms with Crippen molar-refractivity contribution in [3.63, 3.8) is 0 Å². The molecule has 0 aliphatic heterocycles. The lowest BCUT2D eigenvalue weighted by molar-refractivity contribution is -0.140. The number of carboxylic acids is 1. The van der Waals surface area contributed by atoms with Crippen molar-refractivity contribution in [3.8, 4) is 5.75 Å². The molecule has 0 radical (unpaired) electrons. The molecule has 1 aromatic rings. The summed E-state index contributed by atoms with van der Waals surface area (Å²) in [7, 11) is -2.59. The van der Waals surface area contributed by atoms with Gasteiger partial charge in [-0.05, 0) is 44.0 Å². The first kappa shape index (κ1) is 20.9. The minimum absolute atomic E-state index is 0.0143. The van der Waals surface area contributed by atoms with E-state index in [0.29, 0.717) is 16.9 Å². The molecule has 25 heavy (non-hydrogen) atoms. The van der Waals surface area contributed by atoms with Crippen molar-refractivity contribution in [2.75, 3.05) is 20.2 Å². The van der Waals surface area contributed by atoms with Gasteiger partial charge in [-0.25, -0.2) is 8.42 Å². The number of hydrogen-bond donors (Lipinski definition) is 2. The van der Waals surface area contributed by atoms with Crippen LogP contribution in [0.25, 0.3) is 0 Å². The van der Waals surface area contributed by atoms with Crippen molar-refractivity contribution in [3.05, 3.63) is 23.3 Å². The van der Waals surface area contributed by atoms with Crippen LogP contribution in [-0.4, -0.2) is 55.9 Å². The van der Waals surface area contributed by atoms with Gasteiger partial charge in [-0.15, -0.1) is 0 Å². The van der Waals surface area contributed by atoms with E-state index in [1.165, 1.54) is 33.1 Å².